The number of aromatic nitrogens is 1. The van der Waals surface area contributed by atoms with Crippen molar-refractivity contribution in [2.75, 3.05) is 12.3 Å². The molecule has 21 heavy (non-hydrogen) atoms. The first-order valence-corrected chi connectivity index (χ1v) is 6.82. The van der Waals surface area contributed by atoms with Crippen LogP contribution in [0.15, 0.2) is 54.6 Å². The lowest BCUT2D eigenvalue weighted by molar-refractivity contribution is 0.319. The minimum Gasteiger partial charge on any atom is -0.490 e. The molecule has 0 aliphatic rings. The summed E-state index contributed by atoms with van der Waals surface area (Å²) < 4.78 is 11.4. The molecule has 2 aromatic carbocycles. The van der Waals surface area contributed by atoms with Gasteiger partial charge in [0, 0.05) is 17.1 Å². The normalized spacial score (nSPS) is 10.5. The number of nitrogens with zero attached hydrogens (tertiary/aromatic N) is 1. The van der Waals surface area contributed by atoms with Crippen molar-refractivity contribution in [1.29, 1.82) is 0 Å². The molecule has 3 aromatic rings. The van der Waals surface area contributed by atoms with Gasteiger partial charge in [-0.05, 0) is 43.3 Å². The second-order valence-corrected chi connectivity index (χ2v) is 4.58. The van der Waals surface area contributed by atoms with Crippen LogP contribution in [0.5, 0.6) is 17.4 Å². The highest BCUT2D eigenvalue weighted by Crippen LogP contribution is 2.31. The number of benzene rings is 2. The number of rotatable bonds is 4. The molecule has 0 atom stereocenters. The predicted molar refractivity (Wildman–Crippen MR) is 83.8 cm³/mol. The number of ether oxygens (including phenoxy) is 2. The molecule has 4 heteroatoms. The first-order valence-electron chi connectivity index (χ1n) is 6.82. The van der Waals surface area contributed by atoms with Gasteiger partial charge < -0.3 is 15.2 Å². The van der Waals surface area contributed by atoms with Gasteiger partial charge in [0.05, 0.1) is 12.1 Å². The molecule has 0 aliphatic carbocycles. The zero-order valence-electron chi connectivity index (χ0n) is 11.7. The number of anilines is 1. The number of pyridine rings is 1. The van der Waals surface area contributed by atoms with Crippen LogP contribution in [0.1, 0.15) is 6.92 Å². The largest absolute Gasteiger partial charge is 0.490 e. The van der Waals surface area contributed by atoms with Crippen LogP contribution < -0.4 is 15.2 Å². The molecular weight excluding hydrogens is 264 g/mol. The fourth-order valence-electron chi connectivity index (χ4n) is 2.10. The summed E-state index contributed by atoms with van der Waals surface area (Å²) in [5, 5.41) is 0.987. The van der Waals surface area contributed by atoms with Gasteiger partial charge in [0.15, 0.2) is 11.5 Å². The fourth-order valence-corrected chi connectivity index (χ4v) is 2.10. The van der Waals surface area contributed by atoms with Crippen molar-refractivity contribution in [3.05, 3.63) is 54.6 Å². The molecule has 4 nitrogen and oxygen atoms in total. The third-order valence-electron chi connectivity index (χ3n) is 3.05. The Morgan fingerprint density at radius 1 is 1.00 bits per heavy atom. The molecule has 0 bridgehead atoms. The summed E-state index contributed by atoms with van der Waals surface area (Å²) in [5.41, 5.74) is 7.33. The Hall–Kier alpha value is -2.75. The maximum atomic E-state index is 5.83. The fraction of sp³-hybridized carbons (Fsp3) is 0.118. The number of nitrogens with two attached hydrogens (primary N) is 1. The third kappa shape index (κ3) is 2.89. The standard InChI is InChI=1S/C17H16N2O2/c1-2-20-15-5-3-4-6-16(15)21-17-10-7-12-11-13(18)8-9-14(12)19-17/h3-11H,2,18H2,1H3. The SMILES string of the molecule is CCOc1ccccc1Oc1ccc2cc(N)ccc2n1. The van der Waals surface area contributed by atoms with E-state index in [2.05, 4.69) is 4.98 Å². The summed E-state index contributed by atoms with van der Waals surface area (Å²) in [5.74, 6) is 1.89. The number of nitrogen functional groups attached to an aromatic ring is 1. The summed E-state index contributed by atoms with van der Waals surface area (Å²) >= 11 is 0. The Morgan fingerprint density at radius 3 is 2.62 bits per heavy atom. The Morgan fingerprint density at radius 2 is 1.81 bits per heavy atom. The van der Waals surface area contributed by atoms with Gasteiger partial charge in [-0.15, -0.1) is 0 Å². The second-order valence-electron chi connectivity index (χ2n) is 4.58. The van der Waals surface area contributed by atoms with Crippen LogP contribution in [-0.2, 0) is 0 Å². The first-order chi connectivity index (χ1) is 10.3. The topological polar surface area (TPSA) is 57.4 Å². The highest BCUT2D eigenvalue weighted by molar-refractivity contribution is 5.82. The molecule has 0 fully saturated rings. The molecular formula is C17H16N2O2. The van der Waals surface area contributed by atoms with Crippen molar-refractivity contribution in [1.82, 2.24) is 4.98 Å². The molecule has 0 saturated heterocycles. The van der Waals surface area contributed by atoms with E-state index in [1.54, 1.807) is 0 Å². The van der Waals surface area contributed by atoms with Crippen LogP contribution in [0.4, 0.5) is 5.69 Å². The van der Waals surface area contributed by atoms with E-state index < -0.39 is 0 Å². The third-order valence-corrected chi connectivity index (χ3v) is 3.05. The van der Waals surface area contributed by atoms with Crippen molar-refractivity contribution in [3.8, 4) is 17.4 Å². The van der Waals surface area contributed by atoms with E-state index in [4.69, 9.17) is 15.2 Å². The van der Waals surface area contributed by atoms with Crippen LogP contribution in [-0.4, -0.2) is 11.6 Å². The number of hydrogen-bond donors (Lipinski definition) is 1. The van der Waals surface area contributed by atoms with E-state index in [-0.39, 0.29) is 0 Å². The average Bonchev–Trinajstić information content (AvgIpc) is 2.50. The van der Waals surface area contributed by atoms with Crippen molar-refractivity contribution >= 4 is 16.6 Å². The van der Waals surface area contributed by atoms with Gasteiger partial charge >= 0.3 is 0 Å². The van der Waals surface area contributed by atoms with E-state index in [1.165, 1.54) is 0 Å². The number of fused-ring (bicyclic) bond motifs is 1. The van der Waals surface area contributed by atoms with Gasteiger partial charge in [0.2, 0.25) is 5.88 Å². The summed E-state index contributed by atoms with van der Waals surface area (Å²) in [6.45, 7) is 2.53. The maximum Gasteiger partial charge on any atom is 0.219 e. The van der Waals surface area contributed by atoms with Gasteiger partial charge in [-0.25, -0.2) is 4.98 Å². The van der Waals surface area contributed by atoms with E-state index in [0.717, 1.165) is 16.6 Å². The van der Waals surface area contributed by atoms with Crippen molar-refractivity contribution in [2.45, 2.75) is 6.92 Å². The molecule has 1 aromatic heterocycles. The molecule has 0 unspecified atom stereocenters. The average molecular weight is 280 g/mol. The predicted octanol–water partition coefficient (Wildman–Crippen LogP) is 4.01. The van der Waals surface area contributed by atoms with Crippen LogP contribution in [0.3, 0.4) is 0 Å². The second kappa shape index (κ2) is 5.71. The summed E-state index contributed by atoms with van der Waals surface area (Å²) in [6, 6.07) is 16.9. The van der Waals surface area contributed by atoms with Gasteiger partial charge in [-0.3, -0.25) is 0 Å². The highest BCUT2D eigenvalue weighted by Gasteiger charge is 2.06. The molecule has 0 amide bonds. The lowest BCUT2D eigenvalue weighted by Gasteiger charge is -2.11. The van der Waals surface area contributed by atoms with Crippen molar-refractivity contribution in [2.24, 2.45) is 0 Å². The lowest BCUT2D eigenvalue weighted by atomic mass is 10.2. The van der Waals surface area contributed by atoms with Gasteiger partial charge in [-0.1, -0.05) is 12.1 Å². The van der Waals surface area contributed by atoms with Crippen LogP contribution in [0.2, 0.25) is 0 Å². The van der Waals surface area contributed by atoms with Gasteiger partial charge in [-0.2, -0.15) is 0 Å². The minimum atomic E-state index is 0.527. The summed E-state index contributed by atoms with van der Waals surface area (Å²) in [7, 11) is 0. The number of para-hydroxylation sites is 2. The molecule has 0 saturated carbocycles. The van der Waals surface area contributed by atoms with E-state index >= 15 is 0 Å². The van der Waals surface area contributed by atoms with Crippen LogP contribution in [0.25, 0.3) is 10.9 Å². The van der Waals surface area contributed by atoms with Gasteiger partial charge in [0.25, 0.3) is 0 Å². The van der Waals surface area contributed by atoms with Crippen LogP contribution in [0, 0.1) is 0 Å². The van der Waals surface area contributed by atoms with E-state index in [0.29, 0.717) is 24.0 Å². The zero-order chi connectivity index (χ0) is 14.7. The smallest absolute Gasteiger partial charge is 0.219 e. The van der Waals surface area contributed by atoms with Gasteiger partial charge in [0.1, 0.15) is 0 Å². The molecule has 3 rings (SSSR count). The van der Waals surface area contributed by atoms with Crippen molar-refractivity contribution < 1.29 is 9.47 Å². The molecule has 0 aliphatic heterocycles. The molecule has 0 radical (unpaired) electrons. The highest BCUT2D eigenvalue weighted by atomic mass is 16.5. The monoisotopic (exact) mass is 280 g/mol. The Balaban J connectivity index is 1.93. The minimum absolute atomic E-state index is 0.527. The Bertz CT molecular complexity index is 772. The zero-order valence-corrected chi connectivity index (χ0v) is 11.7. The lowest BCUT2D eigenvalue weighted by Crippen LogP contribution is -1.95. The van der Waals surface area contributed by atoms with Crippen LogP contribution >= 0.6 is 0 Å². The quantitative estimate of drug-likeness (QED) is 0.734. The van der Waals surface area contributed by atoms with E-state index in [1.807, 2.05) is 61.5 Å². The molecule has 0 spiro atoms. The first kappa shape index (κ1) is 13.2. The van der Waals surface area contributed by atoms with Crippen molar-refractivity contribution in [3.63, 3.8) is 0 Å². The van der Waals surface area contributed by atoms with E-state index in [9.17, 15) is 0 Å². The Labute approximate surface area is 123 Å². The molecule has 1 heterocycles. The molecule has 106 valence electrons. The number of hydrogen-bond acceptors (Lipinski definition) is 4. The Kier molecular flexibility index (Phi) is 3.60. The summed E-state index contributed by atoms with van der Waals surface area (Å²) in [6.07, 6.45) is 0. The molecule has 2 N–H and O–H groups in total. The maximum absolute atomic E-state index is 5.83. The summed E-state index contributed by atoms with van der Waals surface area (Å²) in [4.78, 5) is 4.48.